The Labute approximate surface area is 162 Å². The van der Waals surface area contributed by atoms with E-state index in [1.807, 2.05) is 6.07 Å². The van der Waals surface area contributed by atoms with Crippen LogP contribution < -0.4 is 4.74 Å². The van der Waals surface area contributed by atoms with Gasteiger partial charge in [0.25, 0.3) is 0 Å². The second-order valence-electron chi connectivity index (χ2n) is 9.21. The predicted octanol–water partition coefficient (Wildman–Crippen LogP) is 3.79. The lowest BCUT2D eigenvalue weighted by Crippen LogP contribution is -2.63. The maximum absolute atomic E-state index is 10.6. The number of fused-ring (bicyclic) bond motifs is 1. The molecule has 0 bridgehead atoms. The van der Waals surface area contributed by atoms with Crippen LogP contribution in [0.1, 0.15) is 44.2 Å². The molecule has 4 aliphatic rings. The minimum atomic E-state index is -0.113. The normalized spacial score (nSPS) is 37.9. The van der Waals surface area contributed by atoms with E-state index in [4.69, 9.17) is 9.47 Å². The summed E-state index contributed by atoms with van der Waals surface area (Å²) in [4.78, 5) is 2.69. The number of phenols is 1. The second-order valence-corrected chi connectivity index (χ2v) is 9.21. The zero-order valence-corrected chi connectivity index (χ0v) is 16.9. The van der Waals surface area contributed by atoms with Crippen LogP contribution in [-0.4, -0.2) is 48.5 Å². The summed E-state index contributed by atoms with van der Waals surface area (Å²) in [5.74, 6) is 2.23. The molecule has 0 aromatic heterocycles. The van der Waals surface area contributed by atoms with E-state index in [-0.39, 0.29) is 23.4 Å². The molecule has 1 aromatic rings. The fourth-order valence-electron chi connectivity index (χ4n) is 6.16. The smallest absolute Gasteiger partial charge is 0.165 e. The van der Waals surface area contributed by atoms with Gasteiger partial charge >= 0.3 is 0 Å². The highest BCUT2D eigenvalue weighted by Gasteiger charge is 2.62. The number of hydrogen-bond acceptors (Lipinski definition) is 4. The average Bonchev–Trinajstić information content (AvgIpc) is 3.39. The number of likely N-dealkylation sites (tertiary alicyclic amines) is 1. The molecule has 5 atom stereocenters. The fraction of sp³-hybridized carbons (Fsp3) is 0.652. The van der Waals surface area contributed by atoms with Crippen LogP contribution >= 0.6 is 0 Å². The summed E-state index contributed by atoms with van der Waals surface area (Å²) in [6, 6.07) is 4.27. The van der Waals surface area contributed by atoms with Crippen molar-refractivity contribution in [2.24, 2.45) is 11.8 Å². The van der Waals surface area contributed by atoms with Crippen LogP contribution in [0.15, 0.2) is 23.8 Å². The molecule has 1 N–H and O–H groups in total. The molecular weight excluding hydrogens is 338 g/mol. The van der Waals surface area contributed by atoms with Crippen molar-refractivity contribution in [3.63, 3.8) is 0 Å². The summed E-state index contributed by atoms with van der Waals surface area (Å²) < 4.78 is 12.4. The number of phenolic OH excluding ortho intramolecular Hbond substituents is 1. The maximum atomic E-state index is 10.6. The topological polar surface area (TPSA) is 41.9 Å². The van der Waals surface area contributed by atoms with Gasteiger partial charge in [0, 0.05) is 36.6 Å². The van der Waals surface area contributed by atoms with E-state index in [1.54, 1.807) is 13.2 Å². The largest absolute Gasteiger partial charge is 0.504 e. The molecule has 2 aliphatic heterocycles. The first-order chi connectivity index (χ1) is 13.0. The maximum Gasteiger partial charge on any atom is 0.165 e. The summed E-state index contributed by atoms with van der Waals surface area (Å²) in [6.45, 7) is 9.03. The van der Waals surface area contributed by atoms with E-state index in [1.165, 1.54) is 36.1 Å². The molecule has 0 radical (unpaired) electrons. The second kappa shape index (κ2) is 5.99. The molecule has 2 heterocycles. The molecule has 4 heteroatoms. The van der Waals surface area contributed by atoms with Gasteiger partial charge in [-0.15, -0.1) is 0 Å². The average molecular weight is 370 g/mol. The fourth-order valence-corrected chi connectivity index (χ4v) is 6.16. The lowest BCUT2D eigenvalue weighted by Gasteiger charge is -2.55. The van der Waals surface area contributed by atoms with E-state index in [0.29, 0.717) is 17.7 Å². The molecule has 0 amide bonds. The summed E-state index contributed by atoms with van der Waals surface area (Å²) in [5.41, 5.74) is 3.59. The van der Waals surface area contributed by atoms with Gasteiger partial charge in [-0.05, 0) is 69.7 Å². The Hall–Kier alpha value is -1.52. The van der Waals surface area contributed by atoms with Crippen molar-refractivity contribution in [3.8, 4) is 11.5 Å². The minimum Gasteiger partial charge on any atom is -0.504 e. The van der Waals surface area contributed by atoms with E-state index in [2.05, 4.69) is 31.7 Å². The number of methoxy groups -OCH3 is 1. The molecule has 4 nitrogen and oxygen atoms in total. The molecule has 1 spiro atoms. The molecule has 2 aliphatic carbocycles. The number of hydrogen-bond donors (Lipinski definition) is 1. The molecule has 1 aromatic carbocycles. The SMILES string of the molecule is COC1C(C)=CC2C(C)N(CC3CC3)CCC23c2c(C)ccc(O)c2O[C@@H]13. The highest BCUT2D eigenvalue weighted by molar-refractivity contribution is 5.60. The Bertz CT molecular complexity index is 799. The van der Waals surface area contributed by atoms with Gasteiger partial charge in [-0.25, -0.2) is 0 Å². The van der Waals surface area contributed by atoms with Crippen molar-refractivity contribution in [3.05, 3.63) is 34.9 Å². The zero-order chi connectivity index (χ0) is 18.9. The molecule has 1 saturated carbocycles. The lowest BCUT2D eigenvalue weighted by molar-refractivity contribution is -0.0616. The lowest BCUT2D eigenvalue weighted by atomic mass is 9.56. The van der Waals surface area contributed by atoms with Crippen molar-refractivity contribution in [1.29, 1.82) is 0 Å². The van der Waals surface area contributed by atoms with E-state index < -0.39 is 0 Å². The van der Waals surface area contributed by atoms with Gasteiger partial charge in [0.15, 0.2) is 11.5 Å². The first-order valence-corrected chi connectivity index (χ1v) is 10.4. The third kappa shape index (κ3) is 2.35. The van der Waals surface area contributed by atoms with Crippen LogP contribution in [0.2, 0.25) is 0 Å². The highest BCUT2D eigenvalue weighted by atomic mass is 16.5. The Balaban J connectivity index is 1.65. The van der Waals surface area contributed by atoms with Gasteiger partial charge in [0.1, 0.15) is 12.2 Å². The summed E-state index contributed by atoms with van der Waals surface area (Å²) in [5, 5.41) is 10.6. The van der Waals surface area contributed by atoms with E-state index in [0.717, 1.165) is 18.9 Å². The first-order valence-electron chi connectivity index (χ1n) is 10.4. The van der Waals surface area contributed by atoms with E-state index in [9.17, 15) is 5.11 Å². The minimum absolute atomic E-state index is 0.0605. The number of piperidine rings is 1. The monoisotopic (exact) mass is 369 g/mol. The number of benzene rings is 1. The first kappa shape index (κ1) is 17.6. The Morgan fingerprint density at radius 2 is 2.07 bits per heavy atom. The summed E-state index contributed by atoms with van der Waals surface area (Å²) in [7, 11) is 1.78. The van der Waals surface area contributed by atoms with Gasteiger partial charge in [0.05, 0.1) is 0 Å². The quantitative estimate of drug-likeness (QED) is 0.823. The van der Waals surface area contributed by atoms with Crippen LogP contribution in [-0.2, 0) is 10.2 Å². The Kier molecular flexibility index (Phi) is 3.90. The van der Waals surface area contributed by atoms with Gasteiger partial charge in [-0.3, -0.25) is 4.90 Å². The van der Waals surface area contributed by atoms with Crippen LogP contribution in [0.4, 0.5) is 0 Å². The van der Waals surface area contributed by atoms with Gasteiger partial charge in [0.2, 0.25) is 0 Å². The highest BCUT2D eigenvalue weighted by Crippen LogP contribution is 2.60. The predicted molar refractivity (Wildman–Crippen MR) is 105 cm³/mol. The molecule has 146 valence electrons. The van der Waals surface area contributed by atoms with Crippen molar-refractivity contribution < 1.29 is 14.6 Å². The van der Waals surface area contributed by atoms with Gasteiger partial charge < -0.3 is 14.6 Å². The van der Waals surface area contributed by atoms with Crippen molar-refractivity contribution in [2.75, 3.05) is 20.2 Å². The summed E-state index contributed by atoms with van der Waals surface area (Å²) >= 11 is 0. The molecular formula is C23H31NO3. The third-order valence-corrected chi connectivity index (χ3v) is 7.68. The van der Waals surface area contributed by atoms with Crippen LogP contribution in [0.3, 0.4) is 0 Å². The standard InChI is InChI=1S/C23H31NO3/c1-13-5-8-18(25)21-19(13)23-9-10-24(12-16-6-7-16)15(3)17(23)11-14(2)20(26-4)22(23)27-21/h5,8,11,15-17,20,22,25H,6-7,9-10,12H2,1-4H3/t15?,17?,20?,22-,23?/m0/s1. The zero-order valence-electron chi connectivity index (χ0n) is 16.9. The molecule has 27 heavy (non-hydrogen) atoms. The van der Waals surface area contributed by atoms with E-state index >= 15 is 0 Å². The molecule has 5 rings (SSSR count). The summed E-state index contributed by atoms with van der Waals surface area (Å²) in [6.07, 6.45) is 6.17. The van der Waals surface area contributed by atoms with Gasteiger partial charge in [-0.2, -0.15) is 0 Å². The Morgan fingerprint density at radius 3 is 2.78 bits per heavy atom. The van der Waals surface area contributed by atoms with Crippen LogP contribution in [0, 0.1) is 18.8 Å². The van der Waals surface area contributed by atoms with Crippen molar-refractivity contribution >= 4 is 0 Å². The Morgan fingerprint density at radius 1 is 1.30 bits per heavy atom. The molecule has 1 saturated heterocycles. The van der Waals surface area contributed by atoms with Crippen molar-refractivity contribution in [2.45, 2.75) is 63.7 Å². The molecule has 2 fully saturated rings. The number of ether oxygens (including phenoxy) is 2. The number of aryl methyl sites for hydroxylation is 1. The number of rotatable bonds is 3. The number of aromatic hydroxyl groups is 1. The third-order valence-electron chi connectivity index (χ3n) is 7.68. The number of nitrogens with zero attached hydrogens (tertiary/aromatic N) is 1. The van der Waals surface area contributed by atoms with Crippen molar-refractivity contribution in [1.82, 2.24) is 4.90 Å². The van der Waals surface area contributed by atoms with Gasteiger partial charge in [-0.1, -0.05) is 12.1 Å². The van der Waals surface area contributed by atoms with Crippen LogP contribution in [0.25, 0.3) is 0 Å². The van der Waals surface area contributed by atoms with Crippen LogP contribution in [0.5, 0.6) is 11.5 Å². The molecule has 4 unspecified atom stereocenters.